The Morgan fingerprint density at radius 1 is 0.960 bits per heavy atom. The lowest BCUT2D eigenvalue weighted by molar-refractivity contribution is 0.0526. The van der Waals surface area contributed by atoms with Gasteiger partial charge < -0.3 is 4.74 Å². The molecule has 0 aliphatic carbocycles. The van der Waals surface area contributed by atoms with Crippen LogP contribution in [0.15, 0.2) is 60.7 Å². The summed E-state index contributed by atoms with van der Waals surface area (Å²) in [6.45, 7) is 4.67. The third kappa shape index (κ3) is 4.03. The summed E-state index contributed by atoms with van der Waals surface area (Å²) in [4.78, 5) is 26.9. The Hall–Kier alpha value is -2.72. The first-order chi connectivity index (χ1) is 12.2. The second-order valence-electron chi connectivity index (χ2n) is 5.95. The van der Waals surface area contributed by atoms with Gasteiger partial charge in [0.2, 0.25) is 0 Å². The maximum atomic E-state index is 12.9. The quantitative estimate of drug-likeness (QED) is 0.461. The highest BCUT2D eigenvalue weighted by Gasteiger charge is 2.16. The summed E-state index contributed by atoms with van der Waals surface area (Å²) in [5, 5.41) is 0. The van der Waals surface area contributed by atoms with Crippen LogP contribution < -0.4 is 0 Å². The number of benzene rings is 2. The van der Waals surface area contributed by atoms with Crippen LogP contribution in [0.1, 0.15) is 38.8 Å². The molecular formula is C21H21NO3. The molecule has 1 heterocycles. The average molecular weight is 335 g/mol. The van der Waals surface area contributed by atoms with E-state index in [1.165, 1.54) is 0 Å². The van der Waals surface area contributed by atoms with Crippen molar-refractivity contribution in [2.45, 2.75) is 13.5 Å². The van der Waals surface area contributed by atoms with Crippen molar-refractivity contribution >= 4 is 11.8 Å². The van der Waals surface area contributed by atoms with E-state index in [1.54, 1.807) is 31.2 Å². The van der Waals surface area contributed by atoms with Gasteiger partial charge in [0, 0.05) is 30.8 Å². The van der Waals surface area contributed by atoms with E-state index < -0.39 is 0 Å². The smallest absolute Gasteiger partial charge is 0.338 e. The van der Waals surface area contributed by atoms with E-state index in [4.69, 9.17) is 4.74 Å². The van der Waals surface area contributed by atoms with Gasteiger partial charge in [0.25, 0.3) is 0 Å². The predicted octanol–water partition coefficient (Wildman–Crippen LogP) is 3.47. The molecule has 0 bridgehead atoms. The second-order valence-corrected chi connectivity index (χ2v) is 5.95. The van der Waals surface area contributed by atoms with Gasteiger partial charge in [-0.3, -0.25) is 9.69 Å². The van der Waals surface area contributed by atoms with Crippen LogP contribution in [-0.4, -0.2) is 36.3 Å². The average Bonchev–Trinajstić information content (AvgIpc) is 3.15. The van der Waals surface area contributed by atoms with E-state index in [0.717, 1.165) is 25.2 Å². The number of ketones is 1. The molecule has 2 aromatic rings. The van der Waals surface area contributed by atoms with Gasteiger partial charge in [-0.1, -0.05) is 48.6 Å². The van der Waals surface area contributed by atoms with Crippen molar-refractivity contribution in [1.82, 2.24) is 4.90 Å². The van der Waals surface area contributed by atoms with Gasteiger partial charge in [-0.15, -0.1) is 0 Å². The van der Waals surface area contributed by atoms with Crippen LogP contribution in [0.4, 0.5) is 0 Å². The summed E-state index contributed by atoms with van der Waals surface area (Å²) in [6, 6.07) is 14.3. The van der Waals surface area contributed by atoms with Crippen LogP contribution in [0.2, 0.25) is 0 Å². The minimum atomic E-state index is -0.372. The third-order valence-corrected chi connectivity index (χ3v) is 4.21. The molecule has 128 valence electrons. The molecule has 4 nitrogen and oxygen atoms in total. The molecule has 0 N–H and O–H groups in total. The van der Waals surface area contributed by atoms with Crippen molar-refractivity contribution < 1.29 is 14.3 Å². The Morgan fingerprint density at radius 2 is 1.60 bits per heavy atom. The van der Waals surface area contributed by atoms with E-state index in [1.807, 2.05) is 24.3 Å². The number of esters is 1. The molecule has 3 rings (SSSR count). The summed E-state index contributed by atoms with van der Waals surface area (Å²) in [7, 11) is 0. The SMILES string of the molecule is CCOC(=O)c1ccc(C(=O)c2ccccc2CN2CC=CC2)cc1. The van der Waals surface area contributed by atoms with Crippen molar-refractivity contribution in [2.75, 3.05) is 19.7 Å². The molecule has 4 heteroatoms. The molecule has 1 aliphatic heterocycles. The fourth-order valence-corrected chi connectivity index (χ4v) is 2.90. The van der Waals surface area contributed by atoms with Gasteiger partial charge in [0.1, 0.15) is 0 Å². The predicted molar refractivity (Wildman–Crippen MR) is 96.7 cm³/mol. The lowest BCUT2D eigenvalue weighted by Gasteiger charge is -2.17. The fourth-order valence-electron chi connectivity index (χ4n) is 2.90. The molecule has 25 heavy (non-hydrogen) atoms. The number of carbonyl (C=O) groups is 2. The van der Waals surface area contributed by atoms with Crippen LogP contribution in [-0.2, 0) is 11.3 Å². The van der Waals surface area contributed by atoms with Crippen LogP contribution >= 0.6 is 0 Å². The Labute approximate surface area is 147 Å². The van der Waals surface area contributed by atoms with Gasteiger partial charge in [-0.25, -0.2) is 4.79 Å². The fraction of sp³-hybridized carbons (Fsp3) is 0.238. The van der Waals surface area contributed by atoms with Gasteiger partial charge in [0.05, 0.1) is 12.2 Å². The number of nitrogens with zero attached hydrogens (tertiary/aromatic N) is 1. The van der Waals surface area contributed by atoms with Crippen molar-refractivity contribution in [3.05, 3.63) is 82.9 Å². The molecule has 2 aromatic carbocycles. The van der Waals surface area contributed by atoms with E-state index in [9.17, 15) is 9.59 Å². The summed E-state index contributed by atoms with van der Waals surface area (Å²) < 4.78 is 4.97. The van der Waals surface area contributed by atoms with Crippen molar-refractivity contribution in [2.24, 2.45) is 0 Å². The maximum absolute atomic E-state index is 12.9. The minimum Gasteiger partial charge on any atom is -0.462 e. The molecule has 0 saturated heterocycles. The first-order valence-electron chi connectivity index (χ1n) is 8.46. The number of ether oxygens (including phenoxy) is 1. The third-order valence-electron chi connectivity index (χ3n) is 4.21. The lowest BCUT2D eigenvalue weighted by atomic mass is 9.97. The summed E-state index contributed by atoms with van der Waals surface area (Å²) in [5.41, 5.74) is 2.75. The van der Waals surface area contributed by atoms with Crippen LogP contribution in [0.3, 0.4) is 0 Å². The monoisotopic (exact) mass is 335 g/mol. The summed E-state index contributed by atoms with van der Waals surface area (Å²) >= 11 is 0. The minimum absolute atomic E-state index is 0.0295. The largest absolute Gasteiger partial charge is 0.462 e. The van der Waals surface area contributed by atoms with E-state index in [-0.39, 0.29) is 11.8 Å². The Morgan fingerprint density at radius 3 is 2.28 bits per heavy atom. The molecule has 0 atom stereocenters. The highest BCUT2D eigenvalue weighted by molar-refractivity contribution is 6.10. The Bertz CT molecular complexity index is 785. The standard InChI is InChI=1S/C21H21NO3/c1-2-25-21(24)17-11-9-16(10-12-17)20(23)19-8-4-3-7-18(19)15-22-13-5-6-14-22/h3-12H,2,13-15H2,1H3. The summed E-state index contributed by atoms with van der Waals surface area (Å²) in [5.74, 6) is -0.401. The lowest BCUT2D eigenvalue weighted by Crippen LogP contribution is -2.21. The zero-order chi connectivity index (χ0) is 17.6. The second kappa shape index (κ2) is 7.90. The van der Waals surface area contributed by atoms with E-state index >= 15 is 0 Å². The topological polar surface area (TPSA) is 46.6 Å². The molecule has 0 spiro atoms. The number of carbonyl (C=O) groups excluding carboxylic acids is 2. The van der Waals surface area contributed by atoms with E-state index in [2.05, 4.69) is 17.1 Å². The van der Waals surface area contributed by atoms with Crippen LogP contribution in [0.5, 0.6) is 0 Å². The number of hydrogen-bond donors (Lipinski definition) is 0. The van der Waals surface area contributed by atoms with Gasteiger partial charge in [-0.2, -0.15) is 0 Å². The molecular weight excluding hydrogens is 314 g/mol. The Balaban J connectivity index is 1.79. The van der Waals surface area contributed by atoms with Gasteiger partial charge in [0.15, 0.2) is 5.78 Å². The first kappa shape index (κ1) is 17.1. The first-order valence-corrected chi connectivity index (χ1v) is 8.46. The summed E-state index contributed by atoms with van der Waals surface area (Å²) in [6.07, 6.45) is 4.27. The molecule has 0 unspecified atom stereocenters. The van der Waals surface area contributed by atoms with Crippen LogP contribution in [0.25, 0.3) is 0 Å². The zero-order valence-electron chi connectivity index (χ0n) is 14.3. The van der Waals surface area contributed by atoms with Crippen molar-refractivity contribution in [1.29, 1.82) is 0 Å². The molecule has 0 saturated carbocycles. The van der Waals surface area contributed by atoms with E-state index in [0.29, 0.717) is 23.3 Å². The molecule has 0 aromatic heterocycles. The number of rotatable bonds is 6. The normalized spacial score (nSPS) is 13.8. The van der Waals surface area contributed by atoms with Crippen molar-refractivity contribution in [3.8, 4) is 0 Å². The molecule has 0 amide bonds. The molecule has 1 aliphatic rings. The van der Waals surface area contributed by atoms with Crippen LogP contribution in [0, 0.1) is 0 Å². The molecule has 0 radical (unpaired) electrons. The Kier molecular flexibility index (Phi) is 5.41. The zero-order valence-corrected chi connectivity index (χ0v) is 14.3. The highest BCUT2D eigenvalue weighted by atomic mass is 16.5. The van der Waals surface area contributed by atoms with Gasteiger partial charge >= 0.3 is 5.97 Å². The van der Waals surface area contributed by atoms with Crippen molar-refractivity contribution in [3.63, 3.8) is 0 Å². The highest BCUT2D eigenvalue weighted by Crippen LogP contribution is 2.18. The number of hydrogen-bond acceptors (Lipinski definition) is 4. The molecule has 0 fully saturated rings. The van der Waals surface area contributed by atoms with Gasteiger partial charge in [-0.05, 0) is 24.6 Å². The maximum Gasteiger partial charge on any atom is 0.338 e.